The first-order valence-electron chi connectivity index (χ1n) is 9.39. The van der Waals surface area contributed by atoms with Gasteiger partial charge in [-0.05, 0) is 30.7 Å². The number of carbonyl (C=O) groups excluding carboxylic acids is 2. The number of hydrogen-bond acceptors (Lipinski definition) is 4. The molecule has 6 nitrogen and oxygen atoms in total. The summed E-state index contributed by atoms with van der Waals surface area (Å²) in [6.07, 6.45) is 4.13. The third-order valence-electron chi connectivity index (χ3n) is 3.84. The fourth-order valence-corrected chi connectivity index (χ4v) is 2.52. The van der Waals surface area contributed by atoms with Gasteiger partial charge in [-0.2, -0.15) is 0 Å². The summed E-state index contributed by atoms with van der Waals surface area (Å²) >= 11 is 0. The Kier molecular flexibility index (Phi) is 9.02. The topological polar surface area (TPSA) is 76.7 Å². The van der Waals surface area contributed by atoms with Gasteiger partial charge in [-0.15, -0.1) is 0 Å². The van der Waals surface area contributed by atoms with E-state index in [1.807, 2.05) is 24.3 Å². The third kappa shape index (κ3) is 7.54. The lowest BCUT2D eigenvalue weighted by Crippen LogP contribution is -2.15. The monoisotopic (exact) mass is 394 g/mol. The zero-order valence-electron chi connectivity index (χ0n) is 16.4. The molecule has 0 fully saturated rings. The maximum Gasteiger partial charge on any atom is 0.224 e. The molecule has 0 heterocycles. The Hall–Kier alpha value is -3.54. The molecule has 2 aromatic carbocycles. The molecule has 0 spiro atoms. The summed E-state index contributed by atoms with van der Waals surface area (Å²) in [5.41, 5.74) is 1.19. The van der Waals surface area contributed by atoms with E-state index in [-0.39, 0.29) is 24.7 Å². The van der Waals surface area contributed by atoms with Crippen LogP contribution in [-0.2, 0) is 9.59 Å². The Morgan fingerprint density at radius 2 is 1.17 bits per heavy atom. The maximum atomic E-state index is 12.2. The van der Waals surface area contributed by atoms with Crippen LogP contribution in [-0.4, -0.2) is 25.0 Å². The van der Waals surface area contributed by atoms with E-state index in [4.69, 9.17) is 9.47 Å². The molecule has 29 heavy (non-hydrogen) atoms. The number of benzene rings is 2. The van der Waals surface area contributed by atoms with Gasteiger partial charge in [0.25, 0.3) is 0 Å². The van der Waals surface area contributed by atoms with Crippen LogP contribution in [0.25, 0.3) is 0 Å². The van der Waals surface area contributed by atoms with E-state index in [1.54, 1.807) is 36.4 Å². The van der Waals surface area contributed by atoms with Gasteiger partial charge in [-0.1, -0.05) is 49.6 Å². The normalized spacial score (nSPS) is 9.93. The van der Waals surface area contributed by atoms with Crippen LogP contribution in [0.3, 0.4) is 0 Å². The largest absolute Gasteiger partial charge is 0.487 e. The molecular formula is C23H26N2O4. The first kappa shape index (κ1) is 21.8. The zero-order valence-corrected chi connectivity index (χ0v) is 16.4. The van der Waals surface area contributed by atoms with Crippen molar-refractivity contribution in [2.45, 2.75) is 19.3 Å². The molecule has 0 aliphatic rings. The van der Waals surface area contributed by atoms with E-state index in [2.05, 4.69) is 23.8 Å². The van der Waals surface area contributed by atoms with E-state index in [1.165, 1.54) is 0 Å². The predicted octanol–water partition coefficient (Wildman–Crippen LogP) is 4.56. The Morgan fingerprint density at radius 1 is 0.759 bits per heavy atom. The van der Waals surface area contributed by atoms with Crippen LogP contribution in [0.5, 0.6) is 11.5 Å². The van der Waals surface area contributed by atoms with Gasteiger partial charge < -0.3 is 20.1 Å². The lowest BCUT2D eigenvalue weighted by molar-refractivity contribution is -0.117. The van der Waals surface area contributed by atoms with Crippen LogP contribution < -0.4 is 20.1 Å². The molecule has 0 atom stereocenters. The van der Waals surface area contributed by atoms with Gasteiger partial charge >= 0.3 is 0 Å². The van der Waals surface area contributed by atoms with Crippen molar-refractivity contribution in [1.29, 1.82) is 0 Å². The van der Waals surface area contributed by atoms with E-state index in [9.17, 15) is 9.59 Å². The maximum absolute atomic E-state index is 12.2. The Balaban J connectivity index is 1.80. The predicted molar refractivity (Wildman–Crippen MR) is 115 cm³/mol. The molecule has 0 bridgehead atoms. The van der Waals surface area contributed by atoms with Crippen LogP contribution in [0.1, 0.15) is 19.3 Å². The van der Waals surface area contributed by atoms with Crippen molar-refractivity contribution in [2.75, 3.05) is 23.8 Å². The van der Waals surface area contributed by atoms with E-state index in [0.717, 1.165) is 0 Å². The number of carbonyl (C=O) groups is 2. The second kappa shape index (κ2) is 12.0. The summed E-state index contributed by atoms with van der Waals surface area (Å²) in [5, 5.41) is 5.63. The van der Waals surface area contributed by atoms with E-state index >= 15 is 0 Å². The standard InChI is InChI=1S/C23H26N2O4/c1-3-16-28-20-12-7-5-10-18(20)24-22(26)14-9-15-23(27)25-19-11-6-8-13-21(19)29-17-4-2/h3-8,10-13H,1-2,9,14-17H2,(H,24,26)(H,25,27). The highest BCUT2D eigenvalue weighted by Crippen LogP contribution is 2.25. The molecule has 0 unspecified atom stereocenters. The van der Waals surface area contributed by atoms with Gasteiger partial charge in [0.2, 0.25) is 11.8 Å². The molecule has 0 saturated heterocycles. The second-order valence-corrected chi connectivity index (χ2v) is 6.14. The Labute approximate surface area is 171 Å². The van der Waals surface area contributed by atoms with Gasteiger partial charge in [0.1, 0.15) is 24.7 Å². The van der Waals surface area contributed by atoms with Crippen LogP contribution in [0.15, 0.2) is 73.8 Å². The molecule has 0 radical (unpaired) electrons. The molecule has 152 valence electrons. The highest BCUT2D eigenvalue weighted by Gasteiger charge is 2.10. The van der Waals surface area contributed by atoms with Crippen molar-refractivity contribution in [3.63, 3.8) is 0 Å². The van der Waals surface area contributed by atoms with Gasteiger partial charge in [-0.3, -0.25) is 9.59 Å². The average Bonchev–Trinajstić information content (AvgIpc) is 2.72. The minimum Gasteiger partial charge on any atom is -0.487 e. The minimum atomic E-state index is -0.179. The number of anilines is 2. The van der Waals surface area contributed by atoms with Gasteiger partial charge in [0.15, 0.2) is 0 Å². The smallest absolute Gasteiger partial charge is 0.224 e. The molecule has 0 aromatic heterocycles. The first-order valence-corrected chi connectivity index (χ1v) is 9.39. The Morgan fingerprint density at radius 3 is 1.59 bits per heavy atom. The molecule has 0 saturated carbocycles. The summed E-state index contributed by atoms with van der Waals surface area (Å²) in [5.74, 6) is 0.800. The molecule has 2 amide bonds. The van der Waals surface area contributed by atoms with Crippen molar-refractivity contribution >= 4 is 23.2 Å². The minimum absolute atomic E-state index is 0.179. The van der Waals surface area contributed by atoms with Crippen molar-refractivity contribution in [3.05, 3.63) is 73.8 Å². The molecule has 0 aliphatic heterocycles. The fourth-order valence-electron chi connectivity index (χ4n) is 2.52. The summed E-state index contributed by atoms with van der Waals surface area (Å²) in [7, 11) is 0. The average molecular weight is 394 g/mol. The summed E-state index contributed by atoms with van der Waals surface area (Å²) in [4.78, 5) is 24.4. The zero-order chi connectivity index (χ0) is 20.9. The summed E-state index contributed by atoms with van der Waals surface area (Å²) in [6, 6.07) is 14.4. The summed E-state index contributed by atoms with van der Waals surface area (Å²) < 4.78 is 11.0. The molecule has 6 heteroatoms. The van der Waals surface area contributed by atoms with Crippen molar-refractivity contribution in [3.8, 4) is 11.5 Å². The highest BCUT2D eigenvalue weighted by atomic mass is 16.5. The van der Waals surface area contributed by atoms with Crippen LogP contribution in [0.2, 0.25) is 0 Å². The van der Waals surface area contributed by atoms with Crippen LogP contribution >= 0.6 is 0 Å². The lowest BCUT2D eigenvalue weighted by atomic mass is 10.2. The van der Waals surface area contributed by atoms with Crippen molar-refractivity contribution in [2.24, 2.45) is 0 Å². The second-order valence-electron chi connectivity index (χ2n) is 6.14. The number of nitrogens with one attached hydrogen (secondary N) is 2. The first-order chi connectivity index (χ1) is 14.1. The van der Waals surface area contributed by atoms with E-state index in [0.29, 0.717) is 42.5 Å². The molecule has 2 N–H and O–H groups in total. The van der Waals surface area contributed by atoms with Gasteiger partial charge in [0.05, 0.1) is 11.4 Å². The Bertz CT molecular complexity index is 779. The fraction of sp³-hybridized carbons (Fsp3) is 0.217. The van der Waals surface area contributed by atoms with Gasteiger partial charge in [-0.25, -0.2) is 0 Å². The number of para-hydroxylation sites is 4. The van der Waals surface area contributed by atoms with Crippen LogP contribution in [0, 0.1) is 0 Å². The number of rotatable bonds is 12. The van der Waals surface area contributed by atoms with E-state index < -0.39 is 0 Å². The lowest BCUT2D eigenvalue weighted by Gasteiger charge is -2.12. The molecule has 0 aliphatic carbocycles. The van der Waals surface area contributed by atoms with Crippen molar-refractivity contribution in [1.82, 2.24) is 0 Å². The number of ether oxygens (including phenoxy) is 2. The third-order valence-corrected chi connectivity index (χ3v) is 3.84. The van der Waals surface area contributed by atoms with Crippen LogP contribution in [0.4, 0.5) is 11.4 Å². The highest BCUT2D eigenvalue weighted by molar-refractivity contribution is 5.94. The molecule has 2 aromatic rings. The number of hydrogen-bond donors (Lipinski definition) is 2. The number of amides is 2. The van der Waals surface area contributed by atoms with Gasteiger partial charge in [0, 0.05) is 12.8 Å². The summed E-state index contributed by atoms with van der Waals surface area (Å²) in [6.45, 7) is 7.93. The molecular weight excluding hydrogens is 368 g/mol. The molecule has 2 rings (SSSR count). The van der Waals surface area contributed by atoms with Crippen molar-refractivity contribution < 1.29 is 19.1 Å². The quantitative estimate of drug-likeness (QED) is 0.517. The SMILES string of the molecule is C=CCOc1ccccc1NC(=O)CCCC(=O)Nc1ccccc1OCC=C.